The summed E-state index contributed by atoms with van der Waals surface area (Å²) in [6.07, 6.45) is 4.75. The van der Waals surface area contributed by atoms with Gasteiger partial charge < -0.3 is 5.32 Å². The molecular formula is C12H15Br2NOS. The van der Waals surface area contributed by atoms with E-state index < -0.39 is 0 Å². The summed E-state index contributed by atoms with van der Waals surface area (Å²) in [5.74, 6) is 0.788. The third-order valence-corrected chi connectivity index (χ3v) is 6.40. The summed E-state index contributed by atoms with van der Waals surface area (Å²) in [4.78, 5) is 12.8. The minimum absolute atomic E-state index is 0.0560. The van der Waals surface area contributed by atoms with Gasteiger partial charge >= 0.3 is 0 Å². The fourth-order valence-electron chi connectivity index (χ4n) is 2.28. The number of rotatable bonds is 2. The second-order valence-electron chi connectivity index (χ2n) is 4.67. The molecule has 0 radical (unpaired) electrons. The Morgan fingerprint density at radius 1 is 1.47 bits per heavy atom. The molecule has 94 valence electrons. The average Bonchev–Trinajstić information content (AvgIpc) is 2.59. The van der Waals surface area contributed by atoms with E-state index >= 15 is 0 Å². The first-order valence-electron chi connectivity index (χ1n) is 5.82. The molecule has 5 heteroatoms. The number of nitrogens with one attached hydrogen (secondary N) is 1. The van der Waals surface area contributed by atoms with Gasteiger partial charge in [0.1, 0.15) is 0 Å². The maximum absolute atomic E-state index is 12.0. The fraction of sp³-hybridized carbons (Fsp3) is 0.583. The fourth-order valence-corrected chi connectivity index (χ4v) is 4.22. The zero-order chi connectivity index (χ0) is 12.4. The van der Waals surface area contributed by atoms with Gasteiger partial charge in [-0.2, -0.15) is 0 Å². The quantitative estimate of drug-likeness (QED) is 0.799. The number of thiophene rings is 1. The number of carbonyl (C=O) groups excluding carboxylic acids is 1. The summed E-state index contributed by atoms with van der Waals surface area (Å²) in [6.45, 7) is 2.26. The van der Waals surface area contributed by atoms with Gasteiger partial charge in [0, 0.05) is 10.5 Å². The van der Waals surface area contributed by atoms with Crippen LogP contribution in [0, 0.1) is 5.92 Å². The Labute approximate surface area is 122 Å². The van der Waals surface area contributed by atoms with Crippen LogP contribution in [0.2, 0.25) is 0 Å². The molecule has 0 bridgehead atoms. The Hall–Kier alpha value is 0.130. The van der Waals surface area contributed by atoms with Crippen LogP contribution in [0.5, 0.6) is 0 Å². The third kappa shape index (κ3) is 3.55. The molecule has 1 saturated carbocycles. The Bertz CT molecular complexity index is 399. The van der Waals surface area contributed by atoms with Crippen molar-refractivity contribution < 1.29 is 4.79 Å². The number of halogens is 2. The van der Waals surface area contributed by atoms with Crippen LogP contribution in [-0.4, -0.2) is 11.9 Å². The largest absolute Gasteiger partial charge is 0.349 e. The van der Waals surface area contributed by atoms with Crippen LogP contribution in [0.4, 0.5) is 0 Å². The lowest BCUT2D eigenvalue weighted by Crippen LogP contribution is -2.37. The summed E-state index contributed by atoms with van der Waals surface area (Å²) in [5, 5.41) is 3.14. The SMILES string of the molecule is CC1CCCC(NC(=O)c2cc(Br)c(Br)s2)C1. The van der Waals surface area contributed by atoms with Crippen molar-refractivity contribution in [2.75, 3.05) is 0 Å². The van der Waals surface area contributed by atoms with Crippen LogP contribution in [0.1, 0.15) is 42.3 Å². The smallest absolute Gasteiger partial charge is 0.261 e. The average molecular weight is 381 g/mol. The van der Waals surface area contributed by atoms with Crippen LogP contribution in [0.25, 0.3) is 0 Å². The Balaban J connectivity index is 1.96. The summed E-state index contributed by atoms with van der Waals surface area (Å²) in [7, 11) is 0. The number of carbonyl (C=O) groups is 1. The van der Waals surface area contributed by atoms with Gasteiger partial charge in [-0.05, 0) is 56.7 Å². The molecule has 0 saturated heterocycles. The molecule has 0 aromatic carbocycles. The molecule has 1 amide bonds. The van der Waals surface area contributed by atoms with Crippen LogP contribution in [0.3, 0.4) is 0 Å². The third-order valence-electron chi connectivity index (χ3n) is 3.14. The standard InChI is InChI=1S/C12H15Br2NOS/c1-7-3-2-4-8(5-7)15-12(16)10-6-9(13)11(14)17-10/h6-8H,2-5H2,1H3,(H,15,16). The van der Waals surface area contributed by atoms with Crippen molar-refractivity contribution in [1.82, 2.24) is 5.32 Å². The topological polar surface area (TPSA) is 29.1 Å². The van der Waals surface area contributed by atoms with Gasteiger partial charge in [0.05, 0.1) is 8.66 Å². The van der Waals surface area contributed by atoms with Crippen LogP contribution in [0.15, 0.2) is 14.3 Å². The summed E-state index contributed by atoms with van der Waals surface area (Å²) in [5.41, 5.74) is 0. The minimum Gasteiger partial charge on any atom is -0.349 e. The second-order valence-corrected chi connectivity index (χ2v) is 7.90. The predicted octanol–water partition coefficient (Wildman–Crippen LogP) is 4.58. The Morgan fingerprint density at radius 3 is 2.82 bits per heavy atom. The van der Waals surface area contributed by atoms with Gasteiger partial charge in [-0.15, -0.1) is 11.3 Å². The first-order chi connectivity index (χ1) is 8.06. The van der Waals surface area contributed by atoms with E-state index in [1.54, 1.807) is 0 Å². The Kier molecular flexibility index (Phi) is 4.66. The number of amides is 1. The van der Waals surface area contributed by atoms with Gasteiger partial charge in [0.2, 0.25) is 0 Å². The van der Waals surface area contributed by atoms with Crippen LogP contribution < -0.4 is 5.32 Å². The summed E-state index contributed by atoms with van der Waals surface area (Å²) >= 11 is 8.28. The van der Waals surface area contributed by atoms with Crippen molar-refractivity contribution in [2.24, 2.45) is 5.92 Å². The molecule has 1 aliphatic carbocycles. The summed E-state index contributed by atoms with van der Waals surface area (Å²) < 4.78 is 1.92. The predicted molar refractivity (Wildman–Crippen MR) is 78.6 cm³/mol. The Morgan fingerprint density at radius 2 is 2.24 bits per heavy atom. The van der Waals surface area contributed by atoms with Crippen molar-refractivity contribution in [3.8, 4) is 0 Å². The van der Waals surface area contributed by atoms with Crippen LogP contribution >= 0.6 is 43.2 Å². The van der Waals surface area contributed by atoms with E-state index in [1.165, 1.54) is 24.2 Å². The van der Waals surface area contributed by atoms with Gasteiger partial charge in [0.25, 0.3) is 5.91 Å². The zero-order valence-corrected chi connectivity index (χ0v) is 13.6. The van der Waals surface area contributed by atoms with Gasteiger partial charge in [-0.25, -0.2) is 0 Å². The molecular weight excluding hydrogens is 366 g/mol. The van der Waals surface area contributed by atoms with Crippen molar-refractivity contribution in [1.29, 1.82) is 0 Å². The molecule has 17 heavy (non-hydrogen) atoms. The van der Waals surface area contributed by atoms with E-state index in [1.807, 2.05) is 6.07 Å². The molecule has 1 heterocycles. The molecule has 1 fully saturated rings. The van der Waals surface area contributed by atoms with E-state index in [9.17, 15) is 4.79 Å². The van der Waals surface area contributed by atoms with Crippen LogP contribution in [-0.2, 0) is 0 Å². The lowest BCUT2D eigenvalue weighted by atomic mass is 9.87. The van der Waals surface area contributed by atoms with E-state index in [2.05, 4.69) is 44.1 Å². The van der Waals surface area contributed by atoms with Gasteiger partial charge in [-0.1, -0.05) is 19.8 Å². The van der Waals surface area contributed by atoms with Crippen molar-refractivity contribution in [2.45, 2.75) is 38.6 Å². The van der Waals surface area contributed by atoms with E-state index in [4.69, 9.17) is 0 Å². The first-order valence-corrected chi connectivity index (χ1v) is 8.22. The van der Waals surface area contributed by atoms with Gasteiger partial charge in [-0.3, -0.25) is 4.79 Å². The van der Waals surface area contributed by atoms with E-state index in [0.717, 1.165) is 31.9 Å². The molecule has 0 spiro atoms. The van der Waals surface area contributed by atoms with Crippen molar-refractivity contribution >= 4 is 49.1 Å². The molecule has 1 N–H and O–H groups in total. The first kappa shape index (κ1) is 13.6. The molecule has 0 aliphatic heterocycles. The summed E-state index contributed by atoms with van der Waals surface area (Å²) in [6, 6.07) is 2.22. The highest BCUT2D eigenvalue weighted by Gasteiger charge is 2.21. The number of hydrogen-bond donors (Lipinski definition) is 1. The number of hydrogen-bond acceptors (Lipinski definition) is 2. The maximum Gasteiger partial charge on any atom is 0.261 e. The van der Waals surface area contributed by atoms with Crippen molar-refractivity contribution in [3.63, 3.8) is 0 Å². The highest BCUT2D eigenvalue weighted by atomic mass is 79.9. The normalized spacial score (nSPS) is 24.6. The lowest BCUT2D eigenvalue weighted by molar-refractivity contribution is 0.0925. The monoisotopic (exact) mass is 379 g/mol. The van der Waals surface area contributed by atoms with E-state index in [0.29, 0.717) is 6.04 Å². The lowest BCUT2D eigenvalue weighted by Gasteiger charge is -2.27. The second kappa shape index (κ2) is 5.85. The molecule has 2 nitrogen and oxygen atoms in total. The molecule has 1 aromatic heterocycles. The maximum atomic E-state index is 12.0. The molecule has 2 atom stereocenters. The minimum atomic E-state index is 0.0560. The molecule has 2 rings (SSSR count). The molecule has 1 aliphatic rings. The van der Waals surface area contributed by atoms with E-state index in [-0.39, 0.29) is 5.91 Å². The highest BCUT2D eigenvalue weighted by molar-refractivity contribution is 9.13. The molecule has 1 aromatic rings. The zero-order valence-electron chi connectivity index (χ0n) is 9.63. The van der Waals surface area contributed by atoms with Crippen molar-refractivity contribution in [3.05, 3.63) is 19.2 Å². The highest BCUT2D eigenvalue weighted by Crippen LogP contribution is 2.32. The molecule has 2 unspecified atom stereocenters. The van der Waals surface area contributed by atoms with Gasteiger partial charge in [0.15, 0.2) is 0 Å².